The molecule has 0 N–H and O–H groups in total. The third kappa shape index (κ3) is 5.86. The SMILES string of the molecule is CCCCC/C=C/[C@H]1CO[C@H]([C@H]2CC[C@H](c3ccc(F)c(F)c3)CC2)OC1. The molecule has 0 bridgehead atoms. The molecule has 0 unspecified atom stereocenters. The zero-order valence-electron chi connectivity index (χ0n) is 16.3. The smallest absolute Gasteiger partial charge is 0.160 e. The van der Waals surface area contributed by atoms with E-state index in [1.807, 2.05) is 0 Å². The maximum absolute atomic E-state index is 13.5. The molecule has 27 heavy (non-hydrogen) atoms. The van der Waals surface area contributed by atoms with Crippen LogP contribution in [0.1, 0.15) is 69.8 Å². The van der Waals surface area contributed by atoms with Crippen molar-refractivity contribution < 1.29 is 18.3 Å². The van der Waals surface area contributed by atoms with Crippen LogP contribution in [-0.4, -0.2) is 19.5 Å². The molecule has 1 saturated heterocycles. The molecule has 2 aliphatic rings. The standard InChI is InChI=1S/C23H32F2O2/c1-2-3-4-5-6-7-17-15-26-23(27-16-17)19-10-8-18(9-11-19)20-12-13-21(24)22(25)14-20/h6-7,12-14,17-19,23H,2-5,8-11,15-16H2,1H3/b7-6+/t17-,18-,19-,23-. The van der Waals surface area contributed by atoms with E-state index in [9.17, 15) is 8.78 Å². The summed E-state index contributed by atoms with van der Waals surface area (Å²) < 4.78 is 38.6. The molecule has 1 heterocycles. The highest BCUT2D eigenvalue weighted by Crippen LogP contribution is 2.39. The summed E-state index contributed by atoms with van der Waals surface area (Å²) >= 11 is 0. The van der Waals surface area contributed by atoms with Crippen LogP contribution in [0.15, 0.2) is 30.4 Å². The fourth-order valence-electron chi connectivity index (χ4n) is 4.21. The van der Waals surface area contributed by atoms with Crippen molar-refractivity contribution in [1.29, 1.82) is 0 Å². The monoisotopic (exact) mass is 378 g/mol. The Kier molecular flexibility index (Phi) is 7.83. The zero-order chi connectivity index (χ0) is 19.1. The summed E-state index contributed by atoms with van der Waals surface area (Å²) in [5.74, 6) is -0.450. The molecule has 0 aromatic heterocycles. The van der Waals surface area contributed by atoms with E-state index in [0.29, 0.717) is 17.8 Å². The molecule has 4 heteroatoms. The van der Waals surface area contributed by atoms with Gasteiger partial charge in [-0.25, -0.2) is 8.78 Å². The van der Waals surface area contributed by atoms with Crippen molar-refractivity contribution in [3.63, 3.8) is 0 Å². The summed E-state index contributed by atoms with van der Waals surface area (Å²) in [6.45, 7) is 3.69. The first-order valence-electron chi connectivity index (χ1n) is 10.5. The van der Waals surface area contributed by atoms with E-state index < -0.39 is 11.6 Å². The van der Waals surface area contributed by atoms with Crippen LogP contribution >= 0.6 is 0 Å². The van der Waals surface area contributed by atoms with Gasteiger partial charge in [-0.05, 0) is 62.1 Å². The van der Waals surface area contributed by atoms with Gasteiger partial charge in [0.1, 0.15) is 0 Å². The molecule has 0 atom stereocenters. The molecule has 1 saturated carbocycles. The summed E-state index contributed by atoms with van der Waals surface area (Å²) in [4.78, 5) is 0. The van der Waals surface area contributed by atoms with Crippen LogP contribution in [0.4, 0.5) is 8.78 Å². The number of rotatable bonds is 7. The van der Waals surface area contributed by atoms with Gasteiger partial charge >= 0.3 is 0 Å². The number of ether oxygens (including phenoxy) is 2. The topological polar surface area (TPSA) is 18.5 Å². The van der Waals surface area contributed by atoms with Crippen molar-refractivity contribution in [3.05, 3.63) is 47.5 Å². The molecule has 2 fully saturated rings. The lowest BCUT2D eigenvalue weighted by Crippen LogP contribution is -2.37. The molecule has 1 aromatic carbocycles. The largest absolute Gasteiger partial charge is 0.352 e. The highest BCUT2D eigenvalue weighted by atomic mass is 19.2. The number of hydrogen-bond donors (Lipinski definition) is 0. The Morgan fingerprint density at radius 1 is 1.00 bits per heavy atom. The first-order chi connectivity index (χ1) is 13.2. The Morgan fingerprint density at radius 2 is 1.74 bits per heavy atom. The number of allylic oxidation sites excluding steroid dienone is 1. The first-order valence-corrected chi connectivity index (χ1v) is 10.5. The Balaban J connectivity index is 1.40. The average molecular weight is 379 g/mol. The lowest BCUT2D eigenvalue weighted by atomic mass is 9.78. The van der Waals surface area contributed by atoms with Gasteiger partial charge in [-0.3, -0.25) is 0 Å². The van der Waals surface area contributed by atoms with E-state index in [4.69, 9.17) is 9.47 Å². The Labute approximate surface area is 161 Å². The van der Waals surface area contributed by atoms with Gasteiger partial charge in [-0.15, -0.1) is 0 Å². The van der Waals surface area contributed by atoms with E-state index in [1.54, 1.807) is 6.07 Å². The zero-order valence-corrected chi connectivity index (χ0v) is 16.3. The number of benzene rings is 1. The van der Waals surface area contributed by atoms with E-state index in [1.165, 1.54) is 31.4 Å². The van der Waals surface area contributed by atoms with Crippen molar-refractivity contribution in [2.75, 3.05) is 13.2 Å². The Morgan fingerprint density at radius 3 is 2.41 bits per heavy atom. The van der Waals surface area contributed by atoms with Gasteiger partial charge in [0, 0.05) is 11.8 Å². The third-order valence-corrected chi connectivity index (χ3v) is 5.90. The summed E-state index contributed by atoms with van der Waals surface area (Å²) in [5.41, 5.74) is 0.908. The van der Waals surface area contributed by atoms with Gasteiger partial charge in [0.2, 0.25) is 0 Å². The Bertz CT molecular complexity index is 600. The van der Waals surface area contributed by atoms with Crippen LogP contribution in [0.3, 0.4) is 0 Å². The molecular formula is C23H32F2O2. The van der Waals surface area contributed by atoms with Gasteiger partial charge in [0.25, 0.3) is 0 Å². The van der Waals surface area contributed by atoms with Gasteiger partial charge in [0.15, 0.2) is 17.9 Å². The third-order valence-electron chi connectivity index (χ3n) is 5.90. The second kappa shape index (κ2) is 10.3. The first kappa shape index (κ1) is 20.5. The van der Waals surface area contributed by atoms with Crippen LogP contribution in [-0.2, 0) is 9.47 Å². The fourth-order valence-corrected chi connectivity index (χ4v) is 4.21. The minimum Gasteiger partial charge on any atom is -0.352 e. The molecule has 0 radical (unpaired) electrons. The molecule has 0 amide bonds. The van der Waals surface area contributed by atoms with Crippen molar-refractivity contribution in [3.8, 4) is 0 Å². The lowest BCUT2D eigenvalue weighted by molar-refractivity contribution is -0.222. The minimum atomic E-state index is -0.773. The van der Waals surface area contributed by atoms with E-state index in [0.717, 1.165) is 50.9 Å². The van der Waals surface area contributed by atoms with Crippen LogP contribution in [0.2, 0.25) is 0 Å². The summed E-state index contributed by atoms with van der Waals surface area (Å²) in [5, 5.41) is 0. The van der Waals surface area contributed by atoms with Crippen LogP contribution in [0, 0.1) is 23.5 Å². The van der Waals surface area contributed by atoms with Crippen LogP contribution < -0.4 is 0 Å². The van der Waals surface area contributed by atoms with Crippen molar-refractivity contribution in [1.82, 2.24) is 0 Å². The van der Waals surface area contributed by atoms with Crippen molar-refractivity contribution >= 4 is 0 Å². The molecule has 0 spiro atoms. The number of unbranched alkanes of at least 4 members (excludes halogenated alkanes) is 3. The summed E-state index contributed by atoms with van der Waals surface area (Å²) in [7, 11) is 0. The van der Waals surface area contributed by atoms with Gasteiger partial charge in [0.05, 0.1) is 13.2 Å². The molecule has 2 nitrogen and oxygen atoms in total. The lowest BCUT2D eigenvalue weighted by Gasteiger charge is -2.37. The predicted molar refractivity (Wildman–Crippen MR) is 104 cm³/mol. The second-order valence-corrected chi connectivity index (χ2v) is 8.00. The normalized spacial score (nSPS) is 29.3. The molecule has 1 aliphatic heterocycles. The predicted octanol–water partition coefficient (Wildman–Crippen LogP) is 6.36. The highest BCUT2D eigenvalue weighted by molar-refractivity contribution is 5.22. The molecule has 1 aliphatic carbocycles. The van der Waals surface area contributed by atoms with Gasteiger partial charge in [-0.2, -0.15) is 0 Å². The van der Waals surface area contributed by atoms with Crippen LogP contribution in [0.25, 0.3) is 0 Å². The maximum Gasteiger partial charge on any atom is 0.160 e. The van der Waals surface area contributed by atoms with E-state index in [-0.39, 0.29) is 6.29 Å². The van der Waals surface area contributed by atoms with Crippen LogP contribution in [0.5, 0.6) is 0 Å². The quantitative estimate of drug-likeness (QED) is 0.406. The van der Waals surface area contributed by atoms with Gasteiger partial charge in [-0.1, -0.05) is 38.0 Å². The summed E-state index contributed by atoms with van der Waals surface area (Å²) in [6.07, 6.45) is 13.3. The van der Waals surface area contributed by atoms with Crippen molar-refractivity contribution in [2.24, 2.45) is 11.8 Å². The Hall–Kier alpha value is -1.26. The molecule has 1 aromatic rings. The second-order valence-electron chi connectivity index (χ2n) is 8.00. The van der Waals surface area contributed by atoms with E-state index in [2.05, 4.69) is 19.1 Å². The molecular weight excluding hydrogens is 346 g/mol. The molecule has 150 valence electrons. The minimum absolute atomic E-state index is 0.111. The molecule has 3 rings (SSSR count). The fraction of sp³-hybridized carbons (Fsp3) is 0.652. The summed E-state index contributed by atoms with van der Waals surface area (Å²) in [6, 6.07) is 4.31. The highest BCUT2D eigenvalue weighted by Gasteiger charge is 2.32. The maximum atomic E-state index is 13.5. The van der Waals surface area contributed by atoms with Crippen molar-refractivity contribution in [2.45, 2.75) is 70.5 Å². The van der Waals surface area contributed by atoms with Gasteiger partial charge < -0.3 is 9.47 Å². The average Bonchev–Trinajstić information content (AvgIpc) is 2.71. The van der Waals surface area contributed by atoms with E-state index >= 15 is 0 Å². The number of halogens is 2. The number of hydrogen-bond acceptors (Lipinski definition) is 2.